The van der Waals surface area contributed by atoms with Gasteiger partial charge in [0.2, 0.25) is 0 Å². The van der Waals surface area contributed by atoms with Gasteiger partial charge in [0.15, 0.2) is 0 Å². The van der Waals surface area contributed by atoms with Gasteiger partial charge in [0.1, 0.15) is 11.5 Å². The normalized spacial score (nSPS) is 10.8. The Bertz CT molecular complexity index is 732. The van der Waals surface area contributed by atoms with Crippen LogP contribution < -0.4 is 9.47 Å². The summed E-state index contributed by atoms with van der Waals surface area (Å²) in [7, 11) is 1.68. The molecule has 0 atom stereocenters. The lowest BCUT2D eigenvalue weighted by Gasteiger charge is -2.12. The van der Waals surface area contributed by atoms with Gasteiger partial charge >= 0.3 is 0 Å². The van der Waals surface area contributed by atoms with E-state index in [-0.39, 0.29) is 0 Å². The van der Waals surface area contributed by atoms with Gasteiger partial charge < -0.3 is 9.47 Å². The van der Waals surface area contributed by atoms with Crippen LogP contribution in [-0.4, -0.2) is 13.7 Å². The highest BCUT2D eigenvalue weighted by atomic mass is 16.5. The first-order valence-corrected chi connectivity index (χ1v) is 6.46. The predicted molar refractivity (Wildman–Crippen MR) is 79.2 cm³/mol. The second-order valence-corrected chi connectivity index (χ2v) is 4.45. The largest absolute Gasteiger partial charge is 0.497 e. The number of methoxy groups -OCH3 is 1. The summed E-state index contributed by atoms with van der Waals surface area (Å²) >= 11 is 0. The molecular formula is C17H16O2. The quantitative estimate of drug-likeness (QED) is 0.643. The summed E-state index contributed by atoms with van der Waals surface area (Å²) < 4.78 is 11.2. The Morgan fingerprint density at radius 3 is 2.47 bits per heavy atom. The van der Waals surface area contributed by atoms with Crippen LogP contribution in [0.5, 0.6) is 11.5 Å². The van der Waals surface area contributed by atoms with Crippen molar-refractivity contribution in [2.75, 3.05) is 13.7 Å². The van der Waals surface area contributed by atoms with Crippen molar-refractivity contribution in [1.29, 1.82) is 0 Å². The van der Waals surface area contributed by atoms with Crippen LogP contribution in [0.3, 0.4) is 0 Å². The van der Waals surface area contributed by atoms with Crippen molar-refractivity contribution in [2.24, 2.45) is 0 Å². The summed E-state index contributed by atoms with van der Waals surface area (Å²) in [5.74, 6) is 1.79. The van der Waals surface area contributed by atoms with Crippen LogP contribution in [0, 0.1) is 0 Å². The summed E-state index contributed by atoms with van der Waals surface area (Å²) in [4.78, 5) is 0. The Morgan fingerprint density at radius 1 is 0.895 bits per heavy atom. The average Bonchev–Trinajstić information content (AvgIpc) is 2.47. The van der Waals surface area contributed by atoms with Crippen LogP contribution in [0.1, 0.15) is 6.92 Å². The van der Waals surface area contributed by atoms with Gasteiger partial charge in [-0.2, -0.15) is 0 Å². The molecule has 3 aromatic rings. The zero-order chi connectivity index (χ0) is 13.2. The van der Waals surface area contributed by atoms with Crippen LogP contribution in [0.2, 0.25) is 0 Å². The van der Waals surface area contributed by atoms with Gasteiger partial charge in [-0.05, 0) is 35.9 Å². The summed E-state index contributed by atoms with van der Waals surface area (Å²) in [6.07, 6.45) is 0. The van der Waals surface area contributed by atoms with Crippen molar-refractivity contribution in [2.45, 2.75) is 6.92 Å². The van der Waals surface area contributed by atoms with Crippen molar-refractivity contribution in [3.8, 4) is 11.5 Å². The Labute approximate surface area is 112 Å². The summed E-state index contributed by atoms with van der Waals surface area (Å²) in [6.45, 7) is 2.66. The van der Waals surface area contributed by atoms with E-state index < -0.39 is 0 Å². The van der Waals surface area contributed by atoms with Crippen LogP contribution in [-0.2, 0) is 0 Å². The van der Waals surface area contributed by atoms with Crippen molar-refractivity contribution in [3.63, 3.8) is 0 Å². The standard InChI is InChI=1S/C17H16O2/c1-3-19-17-15-7-5-4-6-12(15)10-13-8-9-14(18-2)11-16(13)17/h4-11H,3H2,1-2H3. The fraction of sp³-hybridized carbons (Fsp3) is 0.176. The third kappa shape index (κ3) is 1.99. The minimum absolute atomic E-state index is 0.653. The average molecular weight is 252 g/mol. The second kappa shape index (κ2) is 4.81. The molecule has 0 aliphatic rings. The number of rotatable bonds is 3. The first kappa shape index (κ1) is 11.8. The Balaban J connectivity index is 2.41. The number of benzene rings is 3. The maximum absolute atomic E-state index is 5.88. The summed E-state index contributed by atoms with van der Waals surface area (Å²) in [6, 6.07) is 16.6. The van der Waals surface area contributed by atoms with Gasteiger partial charge in [-0.3, -0.25) is 0 Å². The molecule has 3 rings (SSSR count). The van der Waals surface area contributed by atoms with E-state index >= 15 is 0 Å². The zero-order valence-electron chi connectivity index (χ0n) is 11.1. The number of ether oxygens (including phenoxy) is 2. The van der Waals surface area contributed by atoms with E-state index in [9.17, 15) is 0 Å². The van der Waals surface area contributed by atoms with Crippen molar-refractivity contribution in [3.05, 3.63) is 48.5 Å². The number of hydrogen-bond donors (Lipinski definition) is 0. The van der Waals surface area contributed by atoms with E-state index in [4.69, 9.17) is 9.47 Å². The molecule has 0 aliphatic carbocycles. The lowest BCUT2D eigenvalue weighted by atomic mass is 10.0. The van der Waals surface area contributed by atoms with Crippen LogP contribution in [0.4, 0.5) is 0 Å². The van der Waals surface area contributed by atoms with Crippen molar-refractivity contribution < 1.29 is 9.47 Å². The first-order valence-electron chi connectivity index (χ1n) is 6.46. The molecule has 0 fully saturated rings. The smallest absolute Gasteiger partial charge is 0.135 e. The molecule has 0 radical (unpaired) electrons. The van der Waals surface area contributed by atoms with E-state index in [1.54, 1.807) is 7.11 Å². The van der Waals surface area contributed by atoms with Gasteiger partial charge in [0, 0.05) is 10.8 Å². The van der Waals surface area contributed by atoms with Crippen LogP contribution in [0.15, 0.2) is 48.5 Å². The highest BCUT2D eigenvalue weighted by molar-refractivity contribution is 6.05. The monoisotopic (exact) mass is 252 g/mol. The fourth-order valence-corrected chi connectivity index (χ4v) is 2.43. The Morgan fingerprint density at radius 2 is 1.68 bits per heavy atom. The second-order valence-electron chi connectivity index (χ2n) is 4.45. The molecule has 0 amide bonds. The van der Waals surface area contributed by atoms with E-state index in [1.807, 2.05) is 31.2 Å². The number of fused-ring (bicyclic) bond motifs is 2. The van der Waals surface area contributed by atoms with Crippen molar-refractivity contribution in [1.82, 2.24) is 0 Å². The molecule has 0 aliphatic heterocycles. The van der Waals surface area contributed by atoms with Gasteiger partial charge in [0.05, 0.1) is 13.7 Å². The first-order chi connectivity index (χ1) is 9.33. The van der Waals surface area contributed by atoms with Gasteiger partial charge in [-0.1, -0.05) is 30.3 Å². The van der Waals surface area contributed by atoms with E-state index in [0.29, 0.717) is 6.61 Å². The lowest BCUT2D eigenvalue weighted by molar-refractivity contribution is 0.348. The molecule has 3 aromatic carbocycles. The molecule has 0 aromatic heterocycles. The molecule has 96 valence electrons. The molecule has 0 spiro atoms. The summed E-state index contributed by atoms with van der Waals surface area (Å²) in [5, 5.41) is 4.61. The highest BCUT2D eigenvalue weighted by Gasteiger charge is 2.09. The number of hydrogen-bond acceptors (Lipinski definition) is 2. The molecule has 0 saturated carbocycles. The van der Waals surface area contributed by atoms with Gasteiger partial charge in [-0.25, -0.2) is 0 Å². The highest BCUT2D eigenvalue weighted by Crippen LogP contribution is 2.36. The molecule has 2 heteroatoms. The third-order valence-corrected chi connectivity index (χ3v) is 3.31. The predicted octanol–water partition coefficient (Wildman–Crippen LogP) is 4.40. The maximum Gasteiger partial charge on any atom is 0.135 e. The van der Waals surface area contributed by atoms with Crippen LogP contribution >= 0.6 is 0 Å². The fourth-order valence-electron chi connectivity index (χ4n) is 2.43. The van der Waals surface area contributed by atoms with E-state index in [2.05, 4.69) is 24.3 Å². The minimum Gasteiger partial charge on any atom is -0.497 e. The molecule has 0 saturated heterocycles. The van der Waals surface area contributed by atoms with Crippen molar-refractivity contribution >= 4 is 21.5 Å². The Kier molecular flexibility index (Phi) is 3.00. The lowest BCUT2D eigenvalue weighted by Crippen LogP contribution is -1.94. The summed E-state index contributed by atoms with van der Waals surface area (Å²) in [5.41, 5.74) is 0. The zero-order valence-corrected chi connectivity index (χ0v) is 11.1. The molecular weight excluding hydrogens is 236 g/mol. The molecule has 0 bridgehead atoms. The van der Waals surface area contributed by atoms with E-state index in [1.165, 1.54) is 10.8 Å². The molecule has 0 heterocycles. The molecule has 0 unspecified atom stereocenters. The minimum atomic E-state index is 0.653. The van der Waals surface area contributed by atoms with Gasteiger partial charge in [0.25, 0.3) is 0 Å². The molecule has 0 N–H and O–H groups in total. The maximum atomic E-state index is 5.88. The molecule has 2 nitrogen and oxygen atoms in total. The molecule has 19 heavy (non-hydrogen) atoms. The Hall–Kier alpha value is -2.22. The SMILES string of the molecule is CCOc1c2ccccc2cc2ccc(OC)cc12. The van der Waals surface area contributed by atoms with E-state index in [0.717, 1.165) is 22.3 Å². The topological polar surface area (TPSA) is 18.5 Å². The third-order valence-electron chi connectivity index (χ3n) is 3.31. The van der Waals surface area contributed by atoms with Crippen LogP contribution in [0.25, 0.3) is 21.5 Å². The van der Waals surface area contributed by atoms with Gasteiger partial charge in [-0.15, -0.1) is 0 Å².